The van der Waals surface area contributed by atoms with Crippen molar-refractivity contribution >= 4 is 35.1 Å². The minimum atomic E-state index is -4.77. The van der Waals surface area contributed by atoms with Crippen molar-refractivity contribution < 1.29 is 27.4 Å². The molecule has 43 heavy (non-hydrogen) atoms. The van der Waals surface area contributed by atoms with Gasteiger partial charge in [-0.2, -0.15) is 0 Å². The number of aryl methyl sites for hydroxylation is 1. The lowest BCUT2D eigenvalue weighted by Gasteiger charge is -2.26. The first-order chi connectivity index (χ1) is 20.7. The van der Waals surface area contributed by atoms with E-state index in [2.05, 4.69) is 41.3 Å². The number of benzene rings is 2. The van der Waals surface area contributed by atoms with Gasteiger partial charge in [0.2, 0.25) is 5.95 Å². The van der Waals surface area contributed by atoms with Crippen molar-refractivity contribution in [2.75, 3.05) is 43.2 Å². The Bertz CT molecular complexity index is 1560. The van der Waals surface area contributed by atoms with Crippen LogP contribution < -0.4 is 15.4 Å². The smallest absolute Gasteiger partial charge is 0.406 e. The molecule has 0 spiro atoms. The van der Waals surface area contributed by atoms with Crippen LogP contribution in [0.3, 0.4) is 0 Å². The zero-order valence-corrected chi connectivity index (χ0v) is 24.3. The summed E-state index contributed by atoms with van der Waals surface area (Å²) in [6, 6.07) is 14.8. The quantitative estimate of drug-likeness (QED) is 0.212. The maximum absolute atomic E-state index is 13.0. The second-order valence-electron chi connectivity index (χ2n) is 9.73. The average molecular weight is 611 g/mol. The number of carbonyl (C=O) groups is 1. The second kappa shape index (κ2) is 13.4. The first-order valence-electron chi connectivity index (χ1n) is 13.4. The molecular formula is C30H29F3N6O3S. The van der Waals surface area contributed by atoms with Gasteiger partial charge in [-0.1, -0.05) is 12.1 Å². The molecule has 9 nitrogen and oxygen atoms in total. The Kier molecular flexibility index (Phi) is 9.43. The highest BCUT2D eigenvalue weighted by molar-refractivity contribution is 7.98. The highest BCUT2D eigenvalue weighted by atomic mass is 32.2. The van der Waals surface area contributed by atoms with Crippen molar-refractivity contribution in [3.05, 3.63) is 83.7 Å². The number of hydrogen-bond donors (Lipinski definition) is 2. The van der Waals surface area contributed by atoms with Crippen LogP contribution in [-0.2, 0) is 11.3 Å². The molecule has 2 aromatic carbocycles. The maximum Gasteiger partial charge on any atom is 0.573 e. The first-order valence-corrected chi connectivity index (χ1v) is 14.6. The molecule has 1 aliphatic heterocycles. The molecular weight excluding hydrogens is 581 g/mol. The van der Waals surface area contributed by atoms with E-state index in [0.29, 0.717) is 22.6 Å². The van der Waals surface area contributed by atoms with Gasteiger partial charge in [0.05, 0.1) is 29.4 Å². The number of halogens is 3. The molecule has 0 unspecified atom stereocenters. The van der Waals surface area contributed by atoms with Crippen LogP contribution in [0.15, 0.2) is 71.9 Å². The van der Waals surface area contributed by atoms with Gasteiger partial charge in [0, 0.05) is 43.3 Å². The fraction of sp³-hybridized carbons (Fsp3) is 0.267. The van der Waals surface area contributed by atoms with Gasteiger partial charge in [0.1, 0.15) is 11.6 Å². The minimum absolute atomic E-state index is 0.237. The van der Waals surface area contributed by atoms with Gasteiger partial charge in [-0.25, -0.2) is 15.0 Å². The molecule has 1 saturated heterocycles. The van der Waals surface area contributed by atoms with Crippen molar-refractivity contribution in [2.45, 2.75) is 24.7 Å². The molecule has 13 heteroatoms. The van der Waals surface area contributed by atoms with E-state index >= 15 is 0 Å². The summed E-state index contributed by atoms with van der Waals surface area (Å²) in [5.41, 5.74) is 4.31. The Morgan fingerprint density at radius 3 is 2.49 bits per heavy atom. The zero-order chi connectivity index (χ0) is 30.4. The van der Waals surface area contributed by atoms with E-state index in [1.165, 1.54) is 42.2 Å². The van der Waals surface area contributed by atoms with Crippen LogP contribution in [0, 0.1) is 6.92 Å². The second-order valence-corrected chi connectivity index (χ2v) is 10.6. The number of hydrogen-bond acceptors (Lipinski definition) is 9. The molecule has 2 aromatic heterocycles. The van der Waals surface area contributed by atoms with E-state index in [1.54, 1.807) is 18.3 Å². The maximum atomic E-state index is 13.0. The molecule has 0 aliphatic carbocycles. The van der Waals surface area contributed by atoms with Gasteiger partial charge in [-0.05, 0) is 66.8 Å². The summed E-state index contributed by atoms with van der Waals surface area (Å²) in [5.74, 6) is 0.0443. The number of thioether (sulfide) groups is 1. The predicted octanol–water partition coefficient (Wildman–Crippen LogP) is 6.30. The molecule has 2 N–H and O–H groups in total. The molecule has 224 valence electrons. The molecule has 1 fully saturated rings. The SMILES string of the molecule is CSc1cnc(Nc2ccc(C(=O)Nc3cc(CN4CCOCC4)ccc3C)cn2)nc1-c1ccc(OC(F)(F)F)cc1. The van der Waals surface area contributed by atoms with Crippen molar-refractivity contribution in [3.8, 4) is 17.0 Å². The summed E-state index contributed by atoms with van der Waals surface area (Å²) in [7, 11) is 0. The summed E-state index contributed by atoms with van der Waals surface area (Å²) < 4.78 is 47.0. The highest BCUT2D eigenvalue weighted by Crippen LogP contribution is 2.31. The summed E-state index contributed by atoms with van der Waals surface area (Å²) in [6.07, 6.45) is 0.159. The summed E-state index contributed by atoms with van der Waals surface area (Å²) in [4.78, 5) is 29.3. The largest absolute Gasteiger partial charge is 0.573 e. The van der Waals surface area contributed by atoms with E-state index in [0.717, 1.165) is 54.6 Å². The molecule has 1 amide bonds. The molecule has 3 heterocycles. The topological polar surface area (TPSA) is 102 Å². The Morgan fingerprint density at radius 1 is 1.05 bits per heavy atom. The van der Waals surface area contributed by atoms with E-state index in [4.69, 9.17) is 4.74 Å². The Hall–Kier alpha value is -4.20. The van der Waals surface area contributed by atoms with Gasteiger partial charge in [0.25, 0.3) is 5.91 Å². The van der Waals surface area contributed by atoms with Crippen LogP contribution in [0.25, 0.3) is 11.3 Å². The number of rotatable bonds is 9. The highest BCUT2D eigenvalue weighted by Gasteiger charge is 2.31. The molecule has 4 aromatic rings. The number of anilines is 3. The lowest BCUT2D eigenvalue weighted by atomic mass is 10.1. The van der Waals surface area contributed by atoms with E-state index < -0.39 is 6.36 Å². The van der Waals surface area contributed by atoms with Gasteiger partial charge in [0.15, 0.2) is 0 Å². The number of morpholine rings is 1. The normalized spacial score (nSPS) is 13.9. The number of amides is 1. The standard InChI is InChI=1S/C30H29F3N6O3S/c1-19-3-4-20(18-39-11-13-41-14-12-39)15-24(19)36-28(40)22-7-10-26(34-16-22)37-29-35-17-25(43-2)27(38-29)21-5-8-23(9-6-21)42-30(31,32)33/h3-10,15-17H,11-14,18H2,1-2H3,(H,36,40)(H,34,35,37,38). The van der Waals surface area contributed by atoms with Crippen LogP contribution >= 0.6 is 11.8 Å². The van der Waals surface area contributed by atoms with E-state index in [-0.39, 0.29) is 17.6 Å². The van der Waals surface area contributed by atoms with E-state index in [9.17, 15) is 18.0 Å². The fourth-order valence-corrected chi connectivity index (χ4v) is 4.95. The Morgan fingerprint density at radius 2 is 1.81 bits per heavy atom. The average Bonchev–Trinajstić information content (AvgIpc) is 2.99. The summed E-state index contributed by atoms with van der Waals surface area (Å²) in [5, 5.41) is 6.00. The Labute approximate surface area is 250 Å². The summed E-state index contributed by atoms with van der Waals surface area (Å²) in [6.45, 7) is 5.94. The van der Waals surface area contributed by atoms with Gasteiger partial charge < -0.3 is 20.1 Å². The number of nitrogens with one attached hydrogen (secondary N) is 2. The van der Waals surface area contributed by atoms with Crippen LogP contribution in [0.5, 0.6) is 5.75 Å². The lowest BCUT2D eigenvalue weighted by molar-refractivity contribution is -0.274. The monoisotopic (exact) mass is 610 g/mol. The minimum Gasteiger partial charge on any atom is -0.406 e. The lowest BCUT2D eigenvalue weighted by Crippen LogP contribution is -2.35. The van der Waals surface area contributed by atoms with Crippen molar-refractivity contribution in [3.63, 3.8) is 0 Å². The van der Waals surface area contributed by atoms with Gasteiger partial charge in [-0.15, -0.1) is 24.9 Å². The predicted molar refractivity (Wildman–Crippen MR) is 159 cm³/mol. The van der Waals surface area contributed by atoms with Gasteiger partial charge in [-0.3, -0.25) is 9.69 Å². The zero-order valence-electron chi connectivity index (χ0n) is 23.4. The van der Waals surface area contributed by atoms with Crippen LogP contribution in [-0.4, -0.2) is 64.7 Å². The third-order valence-corrected chi connectivity index (χ3v) is 7.40. The molecule has 1 aliphatic rings. The molecule has 5 rings (SSSR count). The third-order valence-electron chi connectivity index (χ3n) is 6.66. The van der Waals surface area contributed by atoms with Crippen LogP contribution in [0.4, 0.5) is 30.6 Å². The molecule has 0 atom stereocenters. The van der Waals surface area contributed by atoms with Crippen LogP contribution in [0.1, 0.15) is 21.5 Å². The summed E-state index contributed by atoms with van der Waals surface area (Å²) >= 11 is 1.40. The van der Waals surface area contributed by atoms with Gasteiger partial charge >= 0.3 is 6.36 Å². The first kappa shape index (κ1) is 30.3. The van der Waals surface area contributed by atoms with Crippen LogP contribution in [0.2, 0.25) is 0 Å². The third kappa shape index (κ3) is 8.21. The molecule has 0 radical (unpaired) electrons. The molecule has 0 saturated carbocycles. The number of nitrogens with zero attached hydrogens (tertiary/aromatic N) is 4. The van der Waals surface area contributed by atoms with Crippen molar-refractivity contribution in [2.24, 2.45) is 0 Å². The fourth-order valence-electron chi connectivity index (χ4n) is 4.43. The number of carbonyl (C=O) groups excluding carboxylic acids is 1. The number of alkyl halides is 3. The number of ether oxygens (including phenoxy) is 2. The van der Waals surface area contributed by atoms with Crippen molar-refractivity contribution in [1.29, 1.82) is 0 Å². The number of aromatic nitrogens is 3. The molecule has 0 bridgehead atoms. The number of pyridine rings is 1. The van der Waals surface area contributed by atoms with E-state index in [1.807, 2.05) is 25.3 Å². The van der Waals surface area contributed by atoms with Crippen molar-refractivity contribution in [1.82, 2.24) is 19.9 Å². The Balaban J connectivity index is 1.25.